The molecule has 0 radical (unpaired) electrons. The first-order valence-electron chi connectivity index (χ1n) is 10.4. The standard InChI is InChI=1S/C18H12O11P2.2C2H6.2Na/c19-17-7-3-11-1-5-13(9-15(11)25-17)27-30(21,22)29-31(23,24)28-14-6-2-12-4-8-18(20)26-16(12)10-14;2*1-2;;/h1-10H,(H,21,22)(H,23,24);2*1-2H3;;/q;;;2*+1/p-2. The van der Waals surface area contributed by atoms with E-state index in [1.165, 1.54) is 48.5 Å². The van der Waals surface area contributed by atoms with Gasteiger partial charge in [-0.1, -0.05) is 27.7 Å². The van der Waals surface area contributed by atoms with Gasteiger partial charge < -0.3 is 27.7 Å². The predicted octanol–water partition coefficient (Wildman–Crippen LogP) is -1.63. The summed E-state index contributed by atoms with van der Waals surface area (Å²) in [6.07, 6.45) is 0. The topological polar surface area (TPSA) is 168 Å². The van der Waals surface area contributed by atoms with Crippen LogP contribution in [0.25, 0.3) is 21.9 Å². The third-order valence-electron chi connectivity index (χ3n) is 3.82. The first kappa shape index (κ1) is 35.8. The summed E-state index contributed by atoms with van der Waals surface area (Å²) in [6, 6.07) is 12.6. The molecule has 11 nitrogen and oxygen atoms in total. The molecule has 0 saturated heterocycles. The quantitative estimate of drug-likeness (QED) is 0.148. The summed E-state index contributed by atoms with van der Waals surface area (Å²) in [5, 5.41) is 0.962. The molecule has 15 heteroatoms. The van der Waals surface area contributed by atoms with Gasteiger partial charge in [0.1, 0.15) is 22.7 Å². The molecule has 0 aliphatic carbocycles. The number of benzene rings is 2. The van der Waals surface area contributed by atoms with Crippen molar-refractivity contribution in [2.75, 3.05) is 0 Å². The molecule has 2 unspecified atom stereocenters. The van der Waals surface area contributed by atoms with Crippen LogP contribution in [0.2, 0.25) is 0 Å². The molecule has 2 aromatic heterocycles. The molecule has 0 spiro atoms. The van der Waals surface area contributed by atoms with E-state index in [0.717, 1.165) is 12.1 Å². The molecular weight excluding hydrogens is 548 g/mol. The first-order valence-corrected chi connectivity index (χ1v) is 13.3. The van der Waals surface area contributed by atoms with E-state index in [-0.39, 0.29) is 81.8 Å². The van der Waals surface area contributed by atoms with Crippen molar-refractivity contribution in [3.8, 4) is 11.5 Å². The van der Waals surface area contributed by atoms with Crippen molar-refractivity contribution in [1.29, 1.82) is 0 Å². The van der Waals surface area contributed by atoms with Gasteiger partial charge in [0, 0.05) is 35.0 Å². The molecule has 2 atom stereocenters. The zero-order valence-corrected chi connectivity index (χ0v) is 26.9. The molecule has 4 rings (SSSR count). The van der Waals surface area contributed by atoms with Crippen LogP contribution in [0, 0.1) is 0 Å². The summed E-state index contributed by atoms with van der Waals surface area (Å²) in [4.78, 5) is 46.6. The van der Waals surface area contributed by atoms with Crippen molar-refractivity contribution in [2.45, 2.75) is 27.7 Å². The van der Waals surface area contributed by atoms with Gasteiger partial charge in [-0.2, -0.15) is 0 Å². The minimum atomic E-state index is -5.46. The molecule has 2 heterocycles. The average molecular weight is 570 g/mol. The molecule has 37 heavy (non-hydrogen) atoms. The Morgan fingerprint density at radius 1 is 0.622 bits per heavy atom. The Morgan fingerprint density at radius 3 is 1.30 bits per heavy atom. The number of hydrogen-bond acceptors (Lipinski definition) is 11. The molecule has 0 fully saturated rings. The van der Waals surface area contributed by atoms with Crippen LogP contribution < -0.4 is 89.2 Å². The van der Waals surface area contributed by atoms with Gasteiger partial charge >= 0.3 is 86.0 Å². The molecule has 188 valence electrons. The van der Waals surface area contributed by atoms with E-state index in [1.807, 2.05) is 27.7 Å². The van der Waals surface area contributed by atoms with E-state index in [1.54, 1.807) is 0 Å². The smallest absolute Gasteiger partial charge is 0.746 e. The monoisotopic (exact) mass is 570 g/mol. The number of hydrogen-bond donors (Lipinski definition) is 0. The van der Waals surface area contributed by atoms with Crippen LogP contribution in [0.15, 0.2) is 79.1 Å². The zero-order valence-electron chi connectivity index (χ0n) is 21.2. The van der Waals surface area contributed by atoms with Crippen LogP contribution in [-0.4, -0.2) is 0 Å². The molecule has 0 aliphatic heterocycles. The SMILES string of the molecule is CC.CC.O=c1ccc2ccc(OP(=O)([O-])OP(=O)([O-])Oc3ccc4ccc(=O)oc4c3)cc2o1.[Na+].[Na+]. The first-order chi connectivity index (χ1) is 16.6. The van der Waals surface area contributed by atoms with E-state index in [2.05, 4.69) is 13.4 Å². The Balaban J connectivity index is 0.00000206. The fourth-order valence-corrected chi connectivity index (χ4v) is 4.60. The average Bonchev–Trinajstić information content (AvgIpc) is 2.79. The fraction of sp³-hybridized carbons (Fsp3) is 0.182. The van der Waals surface area contributed by atoms with Gasteiger partial charge in [0.15, 0.2) is 0 Å². The fourth-order valence-electron chi connectivity index (χ4n) is 2.61. The zero-order chi connectivity index (χ0) is 26.2. The molecular formula is C22H22Na2O11P2. The van der Waals surface area contributed by atoms with Gasteiger partial charge in [0.05, 0.1) is 0 Å². The van der Waals surface area contributed by atoms with Crippen molar-refractivity contribution in [3.63, 3.8) is 0 Å². The van der Waals surface area contributed by atoms with Crippen LogP contribution in [0.3, 0.4) is 0 Å². The number of fused-ring (bicyclic) bond motifs is 2. The van der Waals surface area contributed by atoms with E-state index >= 15 is 0 Å². The molecule has 0 amide bonds. The van der Waals surface area contributed by atoms with Gasteiger partial charge in [0.2, 0.25) is 0 Å². The van der Waals surface area contributed by atoms with Gasteiger partial charge in [-0.3, -0.25) is 9.13 Å². The minimum absolute atomic E-state index is 0. The number of rotatable bonds is 6. The number of phosphoric acid groups is 2. The second-order valence-corrected chi connectivity index (χ2v) is 8.87. The summed E-state index contributed by atoms with van der Waals surface area (Å²) >= 11 is 0. The maximum atomic E-state index is 12.0. The summed E-state index contributed by atoms with van der Waals surface area (Å²) in [6.45, 7) is 8.00. The largest absolute Gasteiger partial charge is 1.00 e. The number of phosphoric ester groups is 2. The van der Waals surface area contributed by atoms with Gasteiger partial charge in [-0.05, 0) is 36.4 Å². The Hall–Kier alpha value is -1.20. The molecule has 4 aromatic rings. The Morgan fingerprint density at radius 2 is 0.946 bits per heavy atom. The van der Waals surface area contributed by atoms with Crippen LogP contribution in [0.4, 0.5) is 0 Å². The second-order valence-electron chi connectivity index (χ2n) is 6.07. The van der Waals surface area contributed by atoms with E-state index in [4.69, 9.17) is 8.83 Å². The molecule has 0 aliphatic rings. The van der Waals surface area contributed by atoms with Crippen molar-refractivity contribution < 1.29 is 100 Å². The van der Waals surface area contributed by atoms with Gasteiger partial charge in [-0.25, -0.2) is 13.9 Å². The van der Waals surface area contributed by atoms with Gasteiger partial charge in [-0.15, -0.1) is 0 Å². The summed E-state index contributed by atoms with van der Waals surface area (Å²) in [5.41, 5.74) is -1.31. The molecule has 0 bridgehead atoms. The molecule has 0 saturated carbocycles. The van der Waals surface area contributed by atoms with Crippen LogP contribution in [0.1, 0.15) is 27.7 Å². The summed E-state index contributed by atoms with van der Waals surface area (Å²) in [7, 11) is -10.9. The molecule has 2 aromatic carbocycles. The Bertz CT molecular complexity index is 1400. The van der Waals surface area contributed by atoms with Crippen LogP contribution in [0.5, 0.6) is 11.5 Å². The maximum absolute atomic E-state index is 12.0. The van der Waals surface area contributed by atoms with Gasteiger partial charge in [0.25, 0.3) is 0 Å². The normalized spacial score (nSPS) is 13.1. The maximum Gasteiger partial charge on any atom is 1.00 e. The van der Waals surface area contributed by atoms with Crippen LogP contribution in [-0.2, 0) is 13.4 Å². The predicted molar refractivity (Wildman–Crippen MR) is 125 cm³/mol. The van der Waals surface area contributed by atoms with E-state index < -0.39 is 26.9 Å². The second kappa shape index (κ2) is 16.0. The van der Waals surface area contributed by atoms with Crippen molar-refractivity contribution >= 4 is 37.6 Å². The Labute approximate surface area is 256 Å². The third kappa shape index (κ3) is 10.8. The third-order valence-corrected chi connectivity index (χ3v) is 6.29. The molecule has 0 N–H and O–H groups in total. The van der Waals surface area contributed by atoms with Crippen molar-refractivity contribution in [1.82, 2.24) is 0 Å². The summed E-state index contributed by atoms with van der Waals surface area (Å²) in [5.74, 6) is -0.708. The summed E-state index contributed by atoms with van der Waals surface area (Å²) < 4.78 is 47.2. The van der Waals surface area contributed by atoms with Crippen molar-refractivity contribution in [3.05, 3.63) is 81.5 Å². The Kier molecular flexibility index (Phi) is 15.5. The van der Waals surface area contributed by atoms with Crippen molar-refractivity contribution in [2.24, 2.45) is 0 Å². The van der Waals surface area contributed by atoms with E-state index in [0.29, 0.717) is 10.8 Å². The van der Waals surface area contributed by atoms with E-state index in [9.17, 15) is 28.5 Å². The van der Waals surface area contributed by atoms with Crippen LogP contribution >= 0.6 is 15.6 Å². The minimum Gasteiger partial charge on any atom is -0.746 e.